The van der Waals surface area contributed by atoms with Crippen LogP contribution in [0.5, 0.6) is 5.75 Å². The van der Waals surface area contributed by atoms with Crippen molar-refractivity contribution in [2.45, 2.75) is 19.3 Å². The topological polar surface area (TPSA) is 94.3 Å². The number of aliphatic hydroxyl groups is 1. The molecule has 7 nitrogen and oxygen atoms in total. The van der Waals surface area contributed by atoms with Crippen LogP contribution < -0.4 is 15.0 Å². The number of piperidine rings is 1. The van der Waals surface area contributed by atoms with E-state index in [1.165, 1.54) is 0 Å². The lowest BCUT2D eigenvalue weighted by atomic mass is 9.98. The number of rotatable bonds is 7. The monoisotopic (exact) mass is 451 g/mol. The molecule has 1 aromatic heterocycles. The van der Waals surface area contributed by atoms with Gasteiger partial charge in [-0.1, -0.05) is 17.7 Å². The number of nitrogens with zero attached hydrogens (tertiary/aromatic N) is 4. The molecule has 1 atom stereocenters. The molecular formula is C24H26ClN5O2. The number of aliphatic hydroxyl groups excluding tert-OH is 1. The Kier molecular flexibility index (Phi) is 6.93. The first-order valence-corrected chi connectivity index (χ1v) is 11.1. The second kappa shape index (κ2) is 10.0. The second-order valence-electron chi connectivity index (χ2n) is 8.03. The minimum Gasteiger partial charge on any atom is -0.495 e. The standard InChI is InChI=1S/C24H26ClN5O2/c1-32-22-7-5-16(12-21(22)25)8-9-27-23-20-11-17(13-26)4-6-19(20)24(29-28-23)30-10-2-3-18(14-30)15-31/h4-7,11-12,18,31H,2-3,8-10,14-15H2,1H3,(H,27,28). The summed E-state index contributed by atoms with van der Waals surface area (Å²) in [6.45, 7) is 2.45. The molecule has 0 saturated carbocycles. The van der Waals surface area contributed by atoms with Crippen molar-refractivity contribution in [1.82, 2.24) is 10.2 Å². The van der Waals surface area contributed by atoms with Crippen LogP contribution >= 0.6 is 11.6 Å². The van der Waals surface area contributed by atoms with E-state index < -0.39 is 0 Å². The summed E-state index contributed by atoms with van der Waals surface area (Å²) in [5.41, 5.74) is 1.66. The molecule has 0 bridgehead atoms. The molecule has 0 spiro atoms. The number of fused-ring (bicyclic) bond motifs is 1. The van der Waals surface area contributed by atoms with Gasteiger partial charge in [-0.2, -0.15) is 5.26 Å². The fourth-order valence-electron chi connectivity index (χ4n) is 4.17. The number of hydrogen-bond acceptors (Lipinski definition) is 7. The van der Waals surface area contributed by atoms with E-state index in [1.807, 2.05) is 36.4 Å². The average Bonchev–Trinajstić information content (AvgIpc) is 2.84. The van der Waals surface area contributed by atoms with Crippen molar-refractivity contribution >= 4 is 34.0 Å². The Labute approximate surface area is 192 Å². The van der Waals surface area contributed by atoms with Crippen molar-refractivity contribution in [2.75, 3.05) is 43.6 Å². The van der Waals surface area contributed by atoms with Gasteiger partial charge in [-0.05, 0) is 61.1 Å². The number of anilines is 2. The van der Waals surface area contributed by atoms with Crippen molar-refractivity contribution in [3.05, 3.63) is 52.5 Å². The van der Waals surface area contributed by atoms with Gasteiger partial charge in [0.05, 0.1) is 23.8 Å². The van der Waals surface area contributed by atoms with E-state index in [4.69, 9.17) is 16.3 Å². The highest BCUT2D eigenvalue weighted by molar-refractivity contribution is 6.32. The number of halogens is 1. The summed E-state index contributed by atoms with van der Waals surface area (Å²) >= 11 is 6.23. The number of methoxy groups -OCH3 is 1. The molecule has 2 heterocycles. The zero-order valence-corrected chi connectivity index (χ0v) is 18.8. The van der Waals surface area contributed by atoms with E-state index in [2.05, 4.69) is 26.5 Å². The number of aromatic nitrogens is 2. The molecule has 32 heavy (non-hydrogen) atoms. The molecule has 8 heteroatoms. The van der Waals surface area contributed by atoms with Gasteiger partial charge >= 0.3 is 0 Å². The highest BCUT2D eigenvalue weighted by Crippen LogP contribution is 2.32. The Morgan fingerprint density at radius 2 is 2.12 bits per heavy atom. The molecule has 1 fully saturated rings. The van der Waals surface area contributed by atoms with Crippen LogP contribution in [-0.2, 0) is 6.42 Å². The Hall–Kier alpha value is -3.08. The van der Waals surface area contributed by atoms with Crippen LogP contribution in [-0.4, -0.2) is 48.7 Å². The number of nitriles is 1. The van der Waals surface area contributed by atoms with E-state index in [9.17, 15) is 10.4 Å². The van der Waals surface area contributed by atoms with Gasteiger partial charge in [0.15, 0.2) is 11.6 Å². The molecule has 166 valence electrons. The van der Waals surface area contributed by atoms with Gasteiger partial charge in [0.1, 0.15) is 5.75 Å². The van der Waals surface area contributed by atoms with E-state index in [1.54, 1.807) is 7.11 Å². The van der Waals surface area contributed by atoms with Crippen LogP contribution in [0.1, 0.15) is 24.0 Å². The lowest BCUT2D eigenvalue weighted by Gasteiger charge is -2.33. The van der Waals surface area contributed by atoms with Crippen LogP contribution in [0.15, 0.2) is 36.4 Å². The Bertz CT molecular complexity index is 1150. The van der Waals surface area contributed by atoms with Crippen molar-refractivity contribution in [1.29, 1.82) is 5.26 Å². The van der Waals surface area contributed by atoms with E-state index in [0.29, 0.717) is 28.7 Å². The third-order valence-corrected chi connectivity index (χ3v) is 6.18. The summed E-state index contributed by atoms with van der Waals surface area (Å²) in [5, 5.41) is 33.8. The highest BCUT2D eigenvalue weighted by Gasteiger charge is 2.23. The zero-order chi connectivity index (χ0) is 22.5. The molecule has 0 radical (unpaired) electrons. The maximum atomic E-state index is 9.59. The van der Waals surface area contributed by atoms with Crippen molar-refractivity contribution in [2.24, 2.45) is 5.92 Å². The summed E-state index contributed by atoms with van der Waals surface area (Å²) in [6.07, 6.45) is 2.78. The summed E-state index contributed by atoms with van der Waals surface area (Å²) < 4.78 is 5.21. The van der Waals surface area contributed by atoms with Gasteiger partial charge in [0.25, 0.3) is 0 Å². The largest absolute Gasteiger partial charge is 0.495 e. The minimum absolute atomic E-state index is 0.176. The van der Waals surface area contributed by atoms with E-state index in [-0.39, 0.29) is 12.5 Å². The normalized spacial score (nSPS) is 16.1. The van der Waals surface area contributed by atoms with Gasteiger partial charge in [0, 0.05) is 37.0 Å². The lowest BCUT2D eigenvalue weighted by molar-refractivity contribution is 0.208. The highest BCUT2D eigenvalue weighted by atomic mass is 35.5. The third-order valence-electron chi connectivity index (χ3n) is 5.89. The first-order chi connectivity index (χ1) is 15.6. The fraction of sp³-hybridized carbons (Fsp3) is 0.375. The van der Waals surface area contributed by atoms with Gasteiger partial charge in [-0.25, -0.2) is 0 Å². The smallest absolute Gasteiger partial charge is 0.159 e. The number of ether oxygens (including phenoxy) is 1. The molecule has 1 aliphatic heterocycles. The lowest BCUT2D eigenvalue weighted by Crippen LogP contribution is -2.37. The van der Waals surface area contributed by atoms with Crippen molar-refractivity contribution < 1.29 is 9.84 Å². The summed E-state index contributed by atoms with van der Waals surface area (Å²) in [7, 11) is 1.60. The molecule has 4 rings (SSSR count). The van der Waals surface area contributed by atoms with Gasteiger partial charge in [0.2, 0.25) is 0 Å². The Morgan fingerprint density at radius 3 is 2.88 bits per heavy atom. The van der Waals surface area contributed by atoms with Crippen LogP contribution in [0, 0.1) is 17.2 Å². The van der Waals surface area contributed by atoms with Gasteiger partial charge < -0.3 is 20.1 Å². The molecule has 2 aromatic carbocycles. The molecule has 1 aliphatic rings. The van der Waals surface area contributed by atoms with Gasteiger partial charge in [-0.15, -0.1) is 10.2 Å². The number of hydrogen-bond donors (Lipinski definition) is 2. The van der Waals surface area contributed by atoms with Crippen molar-refractivity contribution in [3.8, 4) is 11.8 Å². The maximum Gasteiger partial charge on any atom is 0.159 e. The molecule has 0 aliphatic carbocycles. The van der Waals surface area contributed by atoms with Crippen LogP contribution in [0.2, 0.25) is 5.02 Å². The van der Waals surface area contributed by atoms with Gasteiger partial charge in [-0.3, -0.25) is 0 Å². The predicted octanol–water partition coefficient (Wildman–Crippen LogP) is 4.03. The maximum absolute atomic E-state index is 9.59. The molecule has 1 saturated heterocycles. The Balaban J connectivity index is 1.58. The van der Waals surface area contributed by atoms with E-state index in [0.717, 1.165) is 54.5 Å². The number of benzene rings is 2. The van der Waals surface area contributed by atoms with Crippen LogP contribution in [0.25, 0.3) is 10.8 Å². The first kappa shape index (κ1) is 22.1. The SMILES string of the molecule is COc1ccc(CCNc2nnc(N3CCCC(CO)C3)c3ccc(C#N)cc23)cc1Cl. The van der Waals surface area contributed by atoms with Crippen molar-refractivity contribution in [3.63, 3.8) is 0 Å². The Morgan fingerprint density at radius 1 is 1.25 bits per heavy atom. The second-order valence-corrected chi connectivity index (χ2v) is 8.43. The molecular weight excluding hydrogens is 426 g/mol. The molecule has 3 aromatic rings. The third kappa shape index (κ3) is 4.72. The number of nitrogens with one attached hydrogen (secondary N) is 1. The predicted molar refractivity (Wildman–Crippen MR) is 126 cm³/mol. The van der Waals surface area contributed by atoms with Crippen LogP contribution in [0.3, 0.4) is 0 Å². The molecule has 1 unspecified atom stereocenters. The molecule has 2 N–H and O–H groups in total. The quantitative estimate of drug-likeness (QED) is 0.560. The van der Waals surface area contributed by atoms with Crippen LogP contribution in [0.4, 0.5) is 11.6 Å². The zero-order valence-electron chi connectivity index (χ0n) is 18.0. The fourth-order valence-corrected chi connectivity index (χ4v) is 4.45. The molecule has 0 amide bonds. The average molecular weight is 452 g/mol. The van der Waals surface area contributed by atoms with E-state index >= 15 is 0 Å². The summed E-state index contributed by atoms with van der Waals surface area (Å²) in [5.74, 6) is 2.35. The summed E-state index contributed by atoms with van der Waals surface area (Å²) in [4.78, 5) is 2.19. The first-order valence-electron chi connectivity index (χ1n) is 10.8. The summed E-state index contributed by atoms with van der Waals surface area (Å²) in [6, 6.07) is 13.6. The minimum atomic E-state index is 0.176.